The van der Waals surface area contributed by atoms with Crippen molar-refractivity contribution in [3.63, 3.8) is 0 Å². The molecule has 0 amide bonds. The molecule has 4 nitrogen and oxygen atoms in total. The van der Waals surface area contributed by atoms with Crippen molar-refractivity contribution in [1.29, 1.82) is 0 Å². The van der Waals surface area contributed by atoms with Gasteiger partial charge in [-0.2, -0.15) is 0 Å². The third-order valence-electron chi connectivity index (χ3n) is 3.24. The van der Waals surface area contributed by atoms with E-state index in [1.807, 2.05) is 36.8 Å². The van der Waals surface area contributed by atoms with Crippen LogP contribution in [0.2, 0.25) is 5.02 Å². The Labute approximate surface area is 117 Å². The van der Waals surface area contributed by atoms with Gasteiger partial charge in [0.1, 0.15) is 0 Å². The Kier molecular flexibility index (Phi) is 3.82. The molecule has 0 aliphatic carbocycles. The van der Waals surface area contributed by atoms with E-state index < -0.39 is 0 Å². The van der Waals surface area contributed by atoms with E-state index in [1.54, 1.807) is 0 Å². The summed E-state index contributed by atoms with van der Waals surface area (Å²) in [6.07, 6.45) is 3.90. The molecule has 0 spiro atoms. The summed E-state index contributed by atoms with van der Waals surface area (Å²) in [7, 11) is 0. The molecule has 1 aromatic heterocycles. The lowest BCUT2D eigenvalue weighted by atomic mass is 10.1. The molecule has 1 saturated heterocycles. The molecule has 3 rings (SSSR count). The SMILES string of the molecule is Clc1cccc(-c2cncn2CC2CNCCO2)c1. The summed E-state index contributed by atoms with van der Waals surface area (Å²) in [4.78, 5) is 4.24. The molecule has 1 fully saturated rings. The average Bonchev–Trinajstić information content (AvgIpc) is 2.88. The van der Waals surface area contributed by atoms with Crippen LogP contribution in [0.5, 0.6) is 0 Å². The number of ether oxygens (including phenoxy) is 1. The van der Waals surface area contributed by atoms with Gasteiger partial charge in [0.15, 0.2) is 0 Å². The van der Waals surface area contributed by atoms with E-state index in [9.17, 15) is 0 Å². The summed E-state index contributed by atoms with van der Waals surface area (Å²) in [5.74, 6) is 0. The Hall–Kier alpha value is -1.36. The second kappa shape index (κ2) is 5.74. The number of rotatable bonds is 3. The highest BCUT2D eigenvalue weighted by Crippen LogP contribution is 2.22. The maximum absolute atomic E-state index is 6.04. The van der Waals surface area contributed by atoms with Crippen LogP contribution in [-0.4, -0.2) is 35.4 Å². The van der Waals surface area contributed by atoms with Gasteiger partial charge in [-0.15, -0.1) is 0 Å². The number of hydrogen-bond acceptors (Lipinski definition) is 3. The van der Waals surface area contributed by atoms with Crippen molar-refractivity contribution in [3.05, 3.63) is 41.8 Å². The first-order chi connectivity index (χ1) is 9.33. The third kappa shape index (κ3) is 2.97. The van der Waals surface area contributed by atoms with Crippen LogP contribution in [0.15, 0.2) is 36.8 Å². The number of aromatic nitrogens is 2. The maximum atomic E-state index is 6.04. The zero-order valence-corrected chi connectivity index (χ0v) is 11.3. The van der Waals surface area contributed by atoms with Gasteiger partial charge in [0.05, 0.1) is 37.5 Å². The monoisotopic (exact) mass is 277 g/mol. The third-order valence-corrected chi connectivity index (χ3v) is 3.47. The van der Waals surface area contributed by atoms with Crippen molar-refractivity contribution in [3.8, 4) is 11.3 Å². The topological polar surface area (TPSA) is 39.1 Å². The average molecular weight is 278 g/mol. The molecule has 1 aliphatic heterocycles. The van der Waals surface area contributed by atoms with Gasteiger partial charge in [-0.25, -0.2) is 4.98 Å². The Morgan fingerprint density at radius 2 is 2.42 bits per heavy atom. The predicted molar refractivity (Wildman–Crippen MR) is 75.3 cm³/mol. The molecule has 0 radical (unpaired) electrons. The van der Waals surface area contributed by atoms with Gasteiger partial charge in [-0.1, -0.05) is 23.7 Å². The fourth-order valence-corrected chi connectivity index (χ4v) is 2.50. The standard InChI is InChI=1S/C14H16ClN3O/c15-12-3-1-2-11(6-12)14-8-17-10-18(14)9-13-7-16-4-5-19-13/h1-3,6,8,10,13,16H,4-5,7,9H2. The number of hydrogen-bond donors (Lipinski definition) is 1. The van der Waals surface area contributed by atoms with Gasteiger partial charge in [-0.3, -0.25) is 0 Å². The smallest absolute Gasteiger partial charge is 0.0951 e. The fraction of sp³-hybridized carbons (Fsp3) is 0.357. The van der Waals surface area contributed by atoms with Crippen LogP contribution < -0.4 is 5.32 Å². The molecule has 1 aliphatic rings. The fourth-order valence-electron chi connectivity index (χ4n) is 2.31. The van der Waals surface area contributed by atoms with Gasteiger partial charge in [-0.05, 0) is 12.1 Å². The largest absolute Gasteiger partial charge is 0.374 e. The Balaban J connectivity index is 1.81. The minimum Gasteiger partial charge on any atom is -0.374 e. The molecule has 5 heteroatoms. The molecule has 100 valence electrons. The first-order valence-electron chi connectivity index (χ1n) is 6.41. The van der Waals surface area contributed by atoms with Crippen LogP contribution in [0.1, 0.15) is 0 Å². The molecule has 0 bridgehead atoms. The van der Waals surface area contributed by atoms with Crippen molar-refractivity contribution < 1.29 is 4.74 Å². The highest BCUT2D eigenvalue weighted by atomic mass is 35.5. The van der Waals surface area contributed by atoms with E-state index in [-0.39, 0.29) is 6.10 Å². The van der Waals surface area contributed by atoms with E-state index in [4.69, 9.17) is 16.3 Å². The molecule has 1 unspecified atom stereocenters. The summed E-state index contributed by atoms with van der Waals surface area (Å²) < 4.78 is 7.84. The summed E-state index contributed by atoms with van der Waals surface area (Å²) in [6.45, 7) is 3.38. The molecule has 1 N–H and O–H groups in total. The number of nitrogens with one attached hydrogen (secondary N) is 1. The normalized spacial score (nSPS) is 19.5. The quantitative estimate of drug-likeness (QED) is 0.935. The molecule has 0 saturated carbocycles. The van der Waals surface area contributed by atoms with E-state index in [1.165, 1.54) is 0 Å². The molecule has 19 heavy (non-hydrogen) atoms. The maximum Gasteiger partial charge on any atom is 0.0951 e. The van der Waals surface area contributed by atoms with E-state index in [2.05, 4.69) is 14.9 Å². The van der Waals surface area contributed by atoms with Crippen LogP contribution in [0, 0.1) is 0 Å². The van der Waals surface area contributed by atoms with Crippen LogP contribution in [-0.2, 0) is 11.3 Å². The first kappa shape index (κ1) is 12.7. The molecular weight excluding hydrogens is 262 g/mol. The van der Waals surface area contributed by atoms with Crippen molar-refractivity contribution in [2.75, 3.05) is 19.7 Å². The van der Waals surface area contributed by atoms with Crippen molar-refractivity contribution in [2.45, 2.75) is 12.6 Å². The van der Waals surface area contributed by atoms with Gasteiger partial charge in [0.25, 0.3) is 0 Å². The number of nitrogens with zero attached hydrogens (tertiary/aromatic N) is 2. The number of morpholine rings is 1. The van der Waals surface area contributed by atoms with Crippen molar-refractivity contribution in [1.82, 2.24) is 14.9 Å². The lowest BCUT2D eigenvalue weighted by Gasteiger charge is -2.24. The van der Waals surface area contributed by atoms with Gasteiger partial charge in [0, 0.05) is 23.7 Å². The lowest BCUT2D eigenvalue weighted by molar-refractivity contribution is 0.0184. The highest BCUT2D eigenvalue weighted by molar-refractivity contribution is 6.30. The van der Waals surface area contributed by atoms with E-state index in [0.717, 1.165) is 42.5 Å². The minimum absolute atomic E-state index is 0.195. The summed E-state index contributed by atoms with van der Waals surface area (Å²) in [5, 5.41) is 4.07. The first-order valence-corrected chi connectivity index (χ1v) is 6.79. The second-order valence-corrected chi connectivity index (χ2v) is 5.07. The number of benzene rings is 1. The summed E-state index contributed by atoms with van der Waals surface area (Å²) in [5.41, 5.74) is 2.14. The van der Waals surface area contributed by atoms with Crippen LogP contribution in [0.25, 0.3) is 11.3 Å². The molecule has 1 atom stereocenters. The van der Waals surface area contributed by atoms with Crippen LogP contribution in [0.3, 0.4) is 0 Å². The second-order valence-electron chi connectivity index (χ2n) is 4.64. The Morgan fingerprint density at radius 3 is 3.21 bits per heavy atom. The molecule has 2 heterocycles. The Morgan fingerprint density at radius 1 is 1.47 bits per heavy atom. The summed E-state index contributed by atoms with van der Waals surface area (Å²) >= 11 is 6.04. The van der Waals surface area contributed by atoms with Crippen LogP contribution >= 0.6 is 11.6 Å². The van der Waals surface area contributed by atoms with Crippen molar-refractivity contribution >= 4 is 11.6 Å². The zero-order valence-electron chi connectivity index (χ0n) is 10.6. The van der Waals surface area contributed by atoms with Crippen LogP contribution in [0.4, 0.5) is 0 Å². The Bertz CT molecular complexity index is 549. The van der Waals surface area contributed by atoms with E-state index in [0.29, 0.717) is 0 Å². The van der Waals surface area contributed by atoms with E-state index >= 15 is 0 Å². The van der Waals surface area contributed by atoms with Gasteiger partial charge in [0.2, 0.25) is 0 Å². The predicted octanol–water partition coefficient (Wildman–Crippen LogP) is 2.19. The number of imidazole rings is 1. The lowest BCUT2D eigenvalue weighted by Crippen LogP contribution is -2.40. The van der Waals surface area contributed by atoms with Gasteiger partial charge >= 0.3 is 0 Å². The molecule has 1 aromatic carbocycles. The molecular formula is C14H16ClN3O. The minimum atomic E-state index is 0.195. The zero-order chi connectivity index (χ0) is 13.1. The molecule has 2 aromatic rings. The van der Waals surface area contributed by atoms with Gasteiger partial charge < -0.3 is 14.6 Å². The number of halogens is 1. The summed E-state index contributed by atoms with van der Waals surface area (Å²) in [6, 6.07) is 7.82. The van der Waals surface area contributed by atoms with Crippen molar-refractivity contribution in [2.24, 2.45) is 0 Å². The highest BCUT2D eigenvalue weighted by Gasteiger charge is 2.15.